The second kappa shape index (κ2) is 8.15. The number of rotatable bonds is 2. The van der Waals surface area contributed by atoms with E-state index in [1.165, 1.54) is 48.0 Å². The largest absolute Gasteiger partial charge is 0.192 e. The van der Waals surface area contributed by atoms with Gasteiger partial charge < -0.3 is 0 Å². The Hall–Kier alpha value is -4.70. The standard InChI is InChI=1S/C35H22N2S/c1-35(2)30-16-15-28-27-13-6-12-26(24-10-4-8-22(18-24)20-37)33(27)38-34(28)31(30)29-14-5-11-25(32(29)35)23-9-3-7-21(17-23)19-36/h3-18H,1-2H3. The van der Waals surface area contributed by atoms with Crippen molar-refractivity contribution in [1.29, 1.82) is 10.5 Å². The van der Waals surface area contributed by atoms with Crippen LogP contribution in [0.1, 0.15) is 36.1 Å². The Bertz CT molecular complexity index is 2030. The summed E-state index contributed by atoms with van der Waals surface area (Å²) < 4.78 is 2.55. The van der Waals surface area contributed by atoms with Gasteiger partial charge in [-0.15, -0.1) is 11.3 Å². The normalized spacial score (nSPS) is 13.2. The molecule has 7 rings (SSSR count). The van der Waals surface area contributed by atoms with E-state index in [4.69, 9.17) is 0 Å². The monoisotopic (exact) mass is 502 g/mol. The van der Waals surface area contributed by atoms with Crippen LogP contribution in [0.2, 0.25) is 0 Å². The molecule has 5 aromatic carbocycles. The summed E-state index contributed by atoms with van der Waals surface area (Å²) in [6.45, 7) is 4.63. The third-order valence-corrected chi connectivity index (χ3v) is 9.18. The number of hydrogen-bond acceptors (Lipinski definition) is 3. The summed E-state index contributed by atoms with van der Waals surface area (Å²) >= 11 is 1.85. The summed E-state index contributed by atoms with van der Waals surface area (Å²) in [5.74, 6) is 0. The number of nitrogens with zero attached hydrogens (tertiary/aromatic N) is 2. The SMILES string of the molecule is CC1(C)c2ccc3c(sc4c(-c5cccc(C#N)c5)cccc43)c2-c2cccc(-c3cccc(C#N)c3)c21. The molecule has 0 saturated carbocycles. The Morgan fingerprint density at radius 1 is 0.605 bits per heavy atom. The quantitative estimate of drug-likeness (QED) is 0.237. The van der Waals surface area contributed by atoms with Gasteiger partial charge in [0.2, 0.25) is 0 Å². The van der Waals surface area contributed by atoms with E-state index in [1.807, 2.05) is 47.7 Å². The summed E-state index contributed by atoms with van der Waals surface area (Å²) in [5.41, 5.74) is 10.9. The number of hydrogen-bond donors (Lipinski definition) is 0. The van der Waals surface area contributed by atoms with E-state index < -0.39 is 0 Å². The van der Waals surface area contributed by atoms with Crippen LogP contribution in [-0.4, -0.2) is 0 Å². The molecule has 1 aliphatic rings. The van der Waals surface area contributed by atoms with E-state index >= 15 is 0 Å². The molecule has 0 N–H and O–H groups in total. The molecule has 3 heteroatoms. The van der Waals surface area contributed by atoms with Gasteiger partial charge in [-0.1, -0.05) is 86.6 Å². The molecule has 178 valence electrons. The average molecular weight is 503 g/mol. The summed E-state index contributed by atoms with van der Waals surface area (Å²) in [5, 5.41) is 21.5. The van der Waals surface area contributed by atoms with Crippen molar-refractivity contribution in [2.24, 2.45) is 0 Å². The van der Waals surface area contributed by atoms with Gasteiger partial charge in [-0.05, 0) is 63.2 Å². The molecule has 38 heavy (non-hydrogen) atoms. The highest BCUT2D eigenvalue weighted by Crippen LogP contribution is 2.56. The van der Waals surface area contributed by atoms with Gasteiger partial charge in [-0.25, -0.2) is 0 Å². The lowest BCUT2D eigenvalue weighted by Crippen LogP contribution is -2.16. The van der Waals surface area contributed by atoms with Crippen LogP contribution in [0, 0.1) is 22.7 Å². The van der Waals surface area contributed by atoms with E-state index in [0.29, 0.717) is 11.1 Å². The van der Waals surface area contributed by atoms with E-state index in [1.54, 1.807) is 0 Å². The van der Waals surface area contributed by atoms with Crippen LogP contribution in [0.15, 0.2) is 97.1 Å². The van der Waals surface area contributed by atoms with Crippen molar-refractivity contribution in [3.05, 3.63) is 119 Å². The molecule has 1 heterocycles. The molecule has 2 nitrogen and oxygen atoms in total. The van der Waals surface area contributed by atoms with Gasteiger partial charge in [-0.3, -0.25) is 0 Å². The minimum atomic E-state index is -0.182. The minimum absolute atomic E-state index is 0.182. The minimum Gasteiger partial charge on any atom is -0.192 e. The van der Waals surface area contributed by atoms with Crippen molar-refractivity contribution in [1.82, 2.24) is 0 Å². The number of thiophene rings is 1. The first-order chi connectivity index (χ1) is 18.5. The Labute approximate surface area is 225 Å². The third-order valence-electron chi connectivity index (χ3n) is 7.90. The summed E-state index contributed by atoms with van der Waals surface area (Å²) in [6.07, 6.45) is 0. The van der Waals surface area contributed by atoms with Crippen LogP contribution in [0.25, 0.3) is 53.6 Å². The average Bonchev–Trinajstić information content (AvgIpc) is 3.45. The van der Waals surface area contributed by atoms with E-state index in [0.717, 1.165) is 16.7 Å². The van der Waals surface area contributed by atoms with Gasteiger partial charge in [0.1, 0.15) is 0 Å². The zero-order valence-corrected chi connectivity index (χ0v) is 21.9. The number of benzene rings is 5. The van der Waals surface area contributed by atoms with Crippen molar-refractivity contribution in [2.75, 3.05) is 0 Å². The Kier molecular flexibility index (Phi) is 4.83. The highest BCUT2D eigenvalue weighted by atomic mass is 32.1. The highest BCUT2D eigenvalue weighted by Gasteiger charge is 2.39. The molecule has 0 unspecified atom stereocenters. The van der Waals surface area contributed by atoms with Crippen LogP contribution in [0.5, 0.6) is 0 Å². The fraction of sp³-hybridized carbons (Fsp3) is 0.0857. The molecule has 0 fully saturated rings. The molecule has 0 radical (unpaired) electrons. The fourth-order valence-electron chi connectivity index (χ4n) is 6.20. The van der Waals surface area contributed by atoms with Gasteiger partial charge in [0.05, 0.1) is 23.3 Å². The summed E-state index contributed by atoms with van der Waals surface area (Å²) in [7, 11) is 0. The molecule has 6 aromatic rings. The van der Waals surface area contributed by atoms with Gasteiger partial charge in [0, 0.05) is 31.2 Å². The molecule has 1 aromatic heterocycles. The van der Waals surface area contributed by atoms with E-state index in [9.17, 15) is 10.5 Å². The molecule has 0 bridgehead atoms. The Morgan fingerprint density at radius 3 is 1.89 bits per heavy atom. The fourth-order valence-corrected chi connectivity index (χ4v) is 7.60. The number of nitriles is 2. The van der Waals surface area contributed by atoms with Gasteiger partial charge in [-0.2, -0.15) is 10.5 Å². The molecule has 0 spiro atoms. The number of fused-ring (bicyclic) bond motifs is 7. The van der Waals surface area contributed by atoms with Crippen molar-refractivity contribution in [2.45, 2.75) is 19.3 Å². The Balaban J connectivity index is 1.52. The molecule has 0 amide bonds. The maximum absolute atomic E-state index is 9.50. The molecular weight excluding hydrogens is 480 g/mol. The smallest absolute Gasteiger partial charge is 0.0991 e. The molecule has 1 aliphatic carbocycles. The van der Waals surface area contributed by atoms with Crippen LogP contribution >= 0.6 is 11.3 Å². The van der Waals surface area contributed by atoms with Crippen LogP contribution in [0.4, 0.5) is 0 Å². The molecular formula is C35H22N2S. The lowest BCUT2D eigenvalue weighted by molar-refractivity contribution is 0.662. The third kappa shape index (κ3) is 3.10. The summed E-state index contributed by atoms with van der Waals surface area (Å²) in [6, 6.07) is 38.0. The first-order valence-corrected chi connectivity index (χ1v) is 13.5. The predicted molar refractivity (Wildman–Crippen MR) is 157 cm³/mol. The summed E-state index contributed by atoms with van der Waals surface area (Å²) in [4.78, 5) is 0. The van der Waals surface area contributed by atoms with Gasteiger partial charge in [0.25, 0.3) is 0 Å². The van der Waals surface area contributed by atoms with E-state index in [-0.39, 0.29) is 5.41 Å². The zero-order chi connectivity index (χ0) is 26.0. The second-order valence-corrected chi connectivity index (χ2v) is 11.4. The lowest BCUT2D eigenvalue weighted by Gasteiger charge is -2.24. The van der Waals surface area contributed by atoms with Crippen LogP contribution in [0.3, 0.4) is 0 Å². The topological polar surface area (TPSA) is 47.6 Å². The molecule has 0 atom stereocenters. The molecule has 0 aliphatic heterocycles. The maximum Gasteiger partial charge on any atom is 0.0991 e. The van der Waals surface area contributed by atoms with E-state index in [2.05, 4.69) is 86.6 Å². The predicted octanol–water partition coefficient (Wildman–Crippen LogP) is 9.44. The second-order valence-electron chi connectivity index (χ2n) is 10.4. The van der Waals surface area contributed by atoms with Crippen molar-refractivity contribution < 1.29 is 0 Å². The highest BCUT2D eigenvalue weighted by molar-refractivity contribution is 7.27. The zero-order valence-electron chi connectivity index (χ0n) is 21.0. The van der Waals surface area contributed by atoms with Crippen molar-refractivity contribution >= 4 is 31.5 Å². The Morgan fingerprint density at radius 2 is 1.18 bits per heavy atom. The van der Waals surface area contributed by atoms with Gasteiger partial charge in [0.15, 0.2) is 0 Å². The lowest BCUT2D eigenvalue weighted by atomic mass is 9.78. The van der Waals surface area contributed by atoms with Crippen LogP contribution in [-0.2, 0) is 5.41 Å². The van der Waals surface area contributed by atoms with Crippen molar-refractivity contribution in [3.63, 3.8) is 0 Å². The maximum atomic E-state index is 9.50. The molecule has 0 saturated heterocycles. The first kappa shape index (κ1) is 22.5. The van der Waals surface area contributed by atoms with Gasteiger partial charge >= 0.3 is 0 Å². The first-order valence-electron chi connectivity index (χ1n) is 12.6. The van der Waals surface area contributed by atoms with Crippen molar-refractivity contribution in [3.8, 4) is 45.5 Å². The van der Waals surface area contributed by atoms with Crippen LogP contribution < -0.4 is 0 Å².